The van der Waals surface area contributed by atoms with Crippen LogP contribution in [0.2, 0.25) is 5.02 Å². The standard InChI is InChI=1S/C19H19ClO5/c20-14-8-6-13(7-9-14)11-16(22)18(24)19(25)17(23)15(21)10-12-4-2-1-3-5-12/h1-11,17-19,21-25H/t17-,18+,19+/m1/s1. The largest absolute Gasteiger partial charge is 0.509 e. The third-order valence-corrected chi connectivity index (χ3v) is 3.80. The SMILES string of the molecule is OC(=Cc1ccccc1)[C@@H](O)[C@H](O)[C@@H](O)C(O)=Cc1ccc(Cl)cc1. The Hall–Kier alpha value is -2.31. The summed E-state index contributed by atoms with van der Waals surface area (Å²) in [7, 11) is 0. The first-order valence-electron chi connectivity index (χ1n) is 7.54. The van der Waals surface area contributed by atoms with Crippen LogP contribution in [-0.2, 0) is 0 Å². The first kappa shape index (κ1) is 19.0. The van der Waals surface area contributed by atoms with Crippen molar-refractivity contribution in [3.05, 3.63) is 82.3 Å². The lowest BCUT2D eigenvalue weighted by Crippen LogP contribution is -2.39. The van der Waals surface area contributed by atoms with Gasteiger partial charge in [0.25, 0.3) is 0 Å². The van der Waals surface area contributed by atoms with Crippen molar-refractivity contribution in [1.29, 1.82) is 0 Å². The smallest absolute Gasteiger partial charge is 0.140 e. The molecule has 0 aliphatic rings. The van der Waals surface area contributed by atoms with Crippen LogP contribution in [0, 0.1) is 0 Å². The number of benzene rings is 2. The maximum Gasteiger partial charge on any atom is 0.140 e. The van der Waals surface area contributed by atoms with Crippen molar-refractivity contribution in [2.75, 3.05) is 0 Å². The number of aliphatic hydroxyl groups excluding tert-OH is 5. The van der Waals surface area contributed by atoms with E-state index in [2.05, 4.69) is 0 Å². The van der Waals surface area contributed by atoms with Crippen LogP contribution in [0.3, 0.4) is 0 Å². The van der Waals surface area contributed by atoms with Crippen LogP contribution in [-0.4, -0.2) is 43.8 Å². The molecule has 0 radical (unpaired) electrons. The lowest BCUT2D eigenvalue weighted by Gasteiger charge is -2.22. The normalized spacial score (nSPS) is 16.3. The van der Waals surface area contributed by atoms with Crippen LogP contribution in [0.1, 0.15) is 11.1 Å². The molecule has 0 saturated heterocycles. The highest BCUT2D eigenvalue weighted by Crippen LogP contribution is 2.18. The van der Waals surface area contributed by atoms with Crippen molar-refractivity contribution < 1.29 is 25.5 Å². The lowest BCUT2D eigenvalue weighted by atomic mass is 10.0. The molecule has 25 heavy (non-hydrogen) atoms. The molecular weight excluding hydrogens is 344 g/mol. The lowest BCUT2D eigenvalue weighted by molar-refractivity contribution is -0.0540. The Morgan fingerprint density at radius 1 is 0.720 bits per heavy atom. The fourth-order valence-electron chi connectivity index (χ4n) is 2.14. The molecule has 0 saturated carbocycles. The molecule has 5 N–H and O–H groups in total. The van der Waals surface area contributed by atoms with Gasteiger partial charge in [-0.1, -0.05) is 54.1 Å². The fourth-order valence-corrected chi connectivity index (χ4v) is 2.27. The molecule has 2 aromatic carbocycles. The van der Waals surface area contributed by atoms with Gasteiger partial charge in [-0.05, 0) is 35.4 Å². The molecule has 3 atom stereocenters. The number of hydrogen-bond donors (Lipinski definition) is 5. The molecule has 0 bridgehead atoms. The van der Waals surface area contributed by atoms with E-state index < -0.39 is 29.8 Å². The van der Waals surface area contributed by atoms with Crippen molar-refractivity contribution in [1.82, 2.24) is 0 Å². The second kappa shape index (κ2) is 8.69. The Morgan fingerprint density at radius 3 is 1.64 bits per heavy atom. The van der Waals surface area contributed by atoms with Gasteiger partial charge in [-0.25, -0.2) is 0 Å². The van der Waals surface area contributed by atoms with Gasteiger partial charge in [0.05, 0.1) is 0 Å². The fraction of sp³-hybridized carbons (Fsp3) is 0.158. The molecule has 0 spiro atoms. The summed E-state index contributed by atoms with van der Waals surface area (Å²) in [6, 6.07) is 15.1. The number of halogens is 1. The predicted molar refractivity (Wildman–Crippen MR) is 97.1 cm³/mol. The van der Waals surface area contributed by atoms with Crippen LogP contribution < -0.4 is 0 Å². The van der Waals surface area contributed by atoms with Crippen LogP contribution in [0.25, 0.3) is 12.2 Å². The summed E-state index contributed by atoms with van der Waals surface area (Å²) in [4.78, 5) is 0. The molecule has 5 nitrogen and oxygen atoms in total. The number of rotatable bonds is 6. The average Bonchev–Trinajstić information content (AvgIpc) is 2.62. The van der Waals surface area contributed by atoms with Crippen LogP contribution in [0.15, 0.2) is 66.1 Å². The van der Waals surface area contributed by atoms with E-state index in [1.165, 1.54) is 12.2 Å². The molecule has 0 aliphatic carbocycles. The third-order valence-electron chi connectivity index (χ3n) is 3.55. The van der Waals surface area contributed by atoms with E-state index in [-0.39, 0.29) is 0 Å². The Morgan fingerprint density at radius 2 is 1.16 bits per heavy atom. The van der Waals surface area contributed by atoms with E-state index >= 15 is 0 Å². The molecular formula is C19H19ClO5. The second-order valence-corrected chi connectivity index (χ2v) is 5.92. The molecule has 2 rings (SSSR count). The van der Waals surface area contributed by atoms with Gasteiger partial charge in [-0.2, -0.15) is 0 Å². The maximum atomic E-state index is 10.0. The monoisotopic (exact) mass is 362 g/mol. The van der Waals surface area contributed by atoms with Gasteiger partial charge < -0.3 is 25.5 Å². The zero-order valence-corrected chi connectivity index (χ0v) is 14.0. The van der Waals surface area contributed by atoms with Gasteiger partial charge >= 0.3 is 0 Å². The molecule has 0 fully saturated rings. The second-order valence-electron chi connectivity index (χ2n) is 5.48. The van der Waals surface area contributed by atoms with Gasteiger partial charge in [0.15, 0.2) is 0 Å². The van der Waals surface area contributed by atoms with E-state index in [1.807, 2.05) is 0 Å². The van der Waals surface area contributed by atoms with E-state index in [9.17, 15) is 25.5 Å². The van der Waals surface area contributed by atoms with E-state index in [4.69, 9.17) is 11.6 Å². The minimum Gasteiger partial charge on any atom is -0.509 e. The van der Waals surface area contributed by atoms with E-state index in [0.29, 0.717) is 16.1 Å². The highest BCUT2D eigenvalue weighted by molar-refractivity contribution is 6.30. The van der Waals surface area contributed by atoms with E-state index in [1.54, 1.807) is 54.6 Å². The van der Waals surface area contributed by atoms with E-state index in [0.717, 1.165) is 0 Å². The van der Waals surface area contributed by atoms with Crippen molar-refractivity contribution in [2.24, 2.45) is 0 Å². The van der Waals surface area contributed by atoms with Crippen molar-refractivity contribution in [3.63, 3.8) is 0 Å². The minimum absolute atomic E-state index is 0.517. The molecule has 0 heterocycles. The van der Waals surface area contributed by atoms with Gasteiger partial charge in [0, 0.05) is 5.02 Å². The molecule has 0 aliphatic heterocycles. The van der Waals surface area contributed by atoms with Crippen LogP contribution in [0.4, 0.5) is 0 Å². The average molecular weight is 363 g/mol. The molecule has 132 valence electrons. The third kappa shape index (κ3) is 5.34. The maximum absolute atomic E-state index is 10.0. The summed E-state index contributed by atoms with van der Waals surface area (Å²) in [5, 5.41) is 50.4. The molecule has 0 unspecified atom stereocenters. The zero-order chi connectivity index (χ0) is 18.4. The van der Waals surface area contributed by atoms with Crippen LogP contribution in [0.5, 0.6) is 0 Å². The first-order valence-corrected chi connectivity index (χ1v) is 7.92. The Balaban J connectivity index is 2.10. The van der Waals surface area contributed by atoms with Crippen molar-refractivity contribution in [3.8, 4) is 0 Å². The molecule has 0 aromatic heterocycles. The summed E-state index contributed by atoms with van der Waals surface area (Å²) in [6.45, 7) is 0. The summed E-state index contributed by atoms with van der Waals surface area (Å²) >= 11 is 5.76. The van der Waals surface area contributed by atoms with Gasteiger partial charge in [-0.3, -0.25) is 0 Å². The summed E-state index contributed by atoms with van der Waals surface area (Å²) < 4.78 is 0. The first-order chi connectivity index (χ1) is 11.9. The van der Waals surface area contributed by atoms with Crippen molar-refractivity contribution in [2.45, 2.75) is 18.3 Å². The predicted octanol–water partition coefficient (Wildman–Crippen LogP) is 2.92. The quantitative estimate of drug-likeness (QED) is 0.509. The molecule has 0 amide bonds. The zero-order valence-electron chi connectivity index (χ0n) is 13.2. The summed E-state index contributed by atoms with van der Waals surface area (Å²) in [5.41, 5.74) is 1.16. The summed E-state index contributed by atoms with van der Waals surface area (Å²) in [6.07, 6.45) is -2.87. The Kier molecular flexibility index (Phi) is 6.61. The number of aliphatic hydroxyl groups is 5. The topological polar surface area (TPSA) is 101 Å². The minimum atomic E-state index is -1.82. The molecule has 2 aromatic rings. The Labute approximate surface area is 150 Å². The molecule has 6 heteroatoms. The highest BCUT2D eigenvalue weighted by atomic mass is 35.5. The van der Waals surface area contributed by atoms with Gasteiger partial charge in [0.2, 0.25) is 0 Å². The van der Waals surface area contributed by atoms with Gasteiger partial charge in [-0.15, -0.1) is 0 Å². The highest BCUT2D eigenvalue weighted by Gasteiger charge is 2.30. The summed E-state index contributed by atoms with van der Waals surface area (Å²) in [5.74, 6) is -1.08. The number of hydrogen-bond acceptors (Lipinski definition) is 5. The Bertz CT molecular complexity index is 740. The van der Waals surface area contributed by atoms with Crippen molar-refractivity contribution >= 4 is 23.8 Å². The van der Waals surface area contributed by atoms with Gasteiger partial charge in [0.1, 0.15) is 29.8 Å². The van der Waals surface area contributed by atoms with Crippen LogP contribution >= 0.6 is 11.6 Å².